The van der Waals surface area contributed by atoms with Crippen LogP contribution in [0.2, 0.25) is 0 Å². The van der Waals surface area contributed by atoms with E-state index in [1.807, 2.05) is 18.2 Å². The molecule has 1 fully saturated rings. The molecule has 3 aliphatic heterocycles. The number of likely N-dealkylation sites (tertiary alicyclic amines) is 1. The van der Waals surface area contributed by atoms with Crippen molar-refractivity contribution in [1.29, 1.82) is 0 Å². The van der Waals surface area contributed by atoms with Crippen LogP contribution < -0.4 is 18.9 Å². The van der Waals surface area contributed by atoms with Crippen LogP contribution in [0.3, 0.4) is 0 Å². The molecular weight excluding hydrogens is 334 g/mol. The van der Waals surface area contributed by atoms with E-state index in [9.17, 15) is 5.11 Å². The zero-order valence-corrected chi connectivity index (χ0v) is 14.4. The first-order valence-electron chi connectivity index (χ1n) is 9.06. The molecule has 0 spiro atoms. The Bertz CT molecular complexity index is 831. The summed E-state index contributed by atoms with van der Waals surface area (Å²) in [6, 6.07) is 9.50. The van der Waals surface area contributed by atoms with Gasteiger partial charge in [0.1, 0.15) is 5.75 Å². The third kappa shape index (κ3) is 2.61. The molecule has 0 aliphatic carbocycles. The monoisotopic (exact) mass is 355 g/mol. The quantitative estimate of drug-likeness (QED) is 0.910. The number of fused-ring (bicyclic) bond motifs is 2. The second-order valence-electron chi connectivity index (χ2n) is 6.88. The molecule has 0 radical (unpaired) electrons. The van der Waals surface area contributed by atoms with Gasteiger partial charge in [0.25, 0.3) is 0 Å². The number of aromatic hydroxyl groups is 1. The maximum atomic E-state index is 10.7. The number of benzene rings is 2. The van der Waals surface area contributed by atoms with Crippen LogP contribution in [0.1, 0.15) is 36.4 Å². The normalized spacial score (nSPS) is 19.5. The highest BCUT2D eigenvalue weighted by Gasteiger charge is 2.30. The smallest absolute Gasteiger partial charge is 0.231 e. The molecule has 26 heavy (non-hydrogen) atoms. The summed E-state index contributed by atoms with van der Waals surface area (Å²) in [6.07, 6.45) is 3.57. The summed E-state index contributed by atoms with van der Waals surface area (Å²) in [6.45, 7) is 2.43. The molecule has 0 aromatic heterocycles. The number of hydrogen-bond donors (Lipinski definition) is 1. The van der Waals surface area contributed by atoms with E-state index in [0.717, 1.165) is 48.6 Å². The minimum atomic E-state index is -0.0701. The fraction of sp³-hybridized carbons (Fsp3) is 0.400. The Balaban J connectivity index is 1.60. The van der Waals surface area contributed by atoms with Crippen molar-refractivity contribution in [3.63, 3.8) is 0 Å². The molecule has 1 unspecified atom stereocenters. The molecule has 6 nitrogen and oxygen atoms in total. The number of phenolic OH excluding ortho intramolecular Hbond substituents is 1. The van der Waals surface area contributed by atoms with Gasteiger partial charge in [0, 0.05) is 11.6 Å². The minimum Gasteiger partial charge on any atom is -0.507 e. The van der Waals surface area contributed by atoms with Crippen molar-refractivity contribution < 1.29 is 24.1 Å². The summed E-state index contributed by atoms with van der Waals surface area (Å²) < 4.78 is 22.0. The molecule has 2 aromatic carbocycles. The molecule has 3 heterocycles. The van der Waals surface area contributed by atoms with Crippen molar-refractivity contribution in [1.82, 2.24) is 4.90 Å². The van der Waals surface area contributed by atoms with Crippen LogP contribution in [0.5, 0.6) is 28.7 Å². The van der Waals surface area contributed by atoms with Gasteiger partial charge in [-0.2, -0.15) is 0 Å². The third-order valence-corrected chi connectivity index (χ3v) is 5.28. The van der Waals surface area contributed by atoms with Crippen LogP contribution in [0.4, 0.5) is 0 Å². The number of rotatable bonds is 3. The maximum Gasteiger partial charge on any atom is 0.231 e. The van der Waals surface area contributed by atoms with Crippen molar-refractivity contribution in [2.75, 3.05) is 26.7 Å². The average molecular weight is 355 g/mol. The van der Waals surface area contributed by atoms with Gasteiger partial charge in [0.05, 0.1) is 6.04 Å². The molecule has 0 bridgehead atoms. The topological polar surface area (TPSA) is 60.4 Å². The lowest BCUT2D eigenvalue weighted by Gasteiger charge is -2.35. The van der Waals surface area contributed by atoms with E-state index in [-0.39, 0.29) is 25.4 Å². The van der Waals surface area contributed by atoms with E-state index >= 15 is 0 Å². The van der Waals surface area contributed by atoms with Gasteiger partial charge in [0.2, 0.25) is 13.6 Å². The van der Waals surface area contributed by atoms with Crippen molar-refractivity contribution in [3.05, 3.63) is 41.5 Å². The summed E-state index contributed by atoms with van der Waals surface area (Å²) in [5.74, 6) is 3.02. The largest absolute Gasteiger partial charge is 0.507 e. The summed E-state index contributed by atoms with van der Waals surface area (Å²) in [5.41, 5.74) is 1.90. The average Bonchev–Trinajstić information content (AvgIpc) is 3.31. The molecule has 1 saturated heterocycles. The lowest BCUT2D eigenvalue weighted by Crippen LogP contribution is -2.34. The van der Waals surface area contributed by atoms with Crippen molar-refractivity contribution in [3.8, 4) is 28.7 Å². The highest BCUT2D eigenvalue weighted by molar-refractivity contribution is 5.55. The minimum absolute atomic E-state index is 0.0701. The first-order chi connectivity index (χ1) is 12.8. The second kappa shape index (κ2) is 6.29. The summed E-state index contributed by atoms with van der Waals surface area (Å²) in [7, 11) is 0. The van der Waals surface area contributed by atoms with Gasteiger partial charge >= 0.3 is 0 Å². The second-order valence-corrected chi connectivity index (χ2v) is 6.88. The molecule has 1 atom stereocenters. The lowest BCUT2D eigenvalue weighted by atomic mass is 9.93. The lowest BCUT2D eigenvalue weighted by molar-refractivity contribution is 0.173. The molecule has 1 N–H and O–H groups in total. The molecule has 5 rings (SSSR count). The van der Waals surface area contributed by atoms with Gasteiger partial charge in [-0.25, -0.2) is 0 Å². The van der Waals surface area contributed by atoms with Crippen LogP contribution in [0, 0.1) is 0 Å². The Kier molecular flexibility index (Phi) is 3.78. The first-order valence-corrected chi connectivity index (χ1v) is 9.06. The van der Waals surface area contributed by atoms with E-state index in [0.29, 0.717) is 11.5 Å². The molecule has 6 heteroatoms. The number of hydrogen-bond acceptors (Lipinski definition) is 6. The van der Waals surface area contributed by atoms with Crippen LogP contribution in [0.15, 0.2) is 30.3 Å². The Hall–Kier alpha value is -2.60. The third-order valence-electron chi connectivity index (χ3n) is 5.28. The van der Waals surface area contributed by atoms with E-state index in [1.54, 1.807) is 6.07 Å². The zero-order chi connectivity index (χ0) is 17.5. The Labute approximate surface area is 151 Å². The van der Waals surface area contributed by atoms with E-state index < -0.39 is 0 Å². The SMILES string of the molecule is Oc1cc2c(cc1C(c1ccc3c(c1)OCO3)N1CCCCC1)OCO2. The fourth-order valence-electron chi connectivity index (χ4n) is 4.01. The predicted molar refractivity (Wildman–Crippen MR) is 94.1 cm³/mol. The van der Waals surface area contributed by atoms with Gasteiger partial charge in [-0.3, -0.25) is 4.90 Å². The Morgan fingerprint density at radius 1 is 0.769 bits per heavy atom. The van der Waals surface area contributed by atoms with Crippen LogP contribution in [0.25, 0.3) is 0 Å². The molecule has 0 amide bonds. The van der Waals surface area contributed by atoms with Crippen molar-refractivity contribution >= 4 is 0 Å². The van der Waals surface area contributed by atoms with Crippen molar-refractivity contribution in [2.24, 2.45) is 0 Å². The van der Waals surface area contributed by atoms with Crippen LogP contribution in [-0.4, -0.2) is 36.7 Å². The van der Waals surface area contributed by atoms with Gasteiger partial charge in [-0.05, 0) is 49.7 Å². The van der Waals surface area contributed by atoms with E-state index in [4.69, 9.17) is 18.9 Å². The van der Waals surface area contributed by atoms with E-state index in [1.165, 1.54) is 6.42 Å². The molecular formula is C20H21NO5. The van der Waals surface area contributed by atoms with Crippen LogP contribution in [-0.2, 0) is 0 Å². The summed E-state index contributed by atoms with van der Waals surface area (Å²) in [4.78, 5) is 2.41. The highest BCUT2D eigenvalue weighted by atomic mass is 16.7. The van der Waals surface area contributed by atoms with Crippen LogP contribution >= 0.6 is 0 Å². The molecule has 0 saturated carbocycles. The Morgan fingerprint density at radius 3 is 2.19 bits per heavy atom. The number of phenols is 1. The summed E-state index contributed by atoms with van der Waals surface area (Å²) >= 11 is 0. The molecule has 136 valence electrons. The molecule has 3 aliphatic rings. The maximum absolute atomic E-state index is 10.7. The van der Waals surface area contributed by atoms with E-state index in [2.05, 4.69) is 11.0 Å². The fourth-order valence-corrected chi connectivity index (χ4v) is 4.01. The number of nitrogens with zero attached hydrogens (tertiary/aromatic N) is 1. The standard InChI is InChI=1S/C20H21NO5/c22-15-10-19-18(25-12-26-19)9-14(15)20(21-6-2-1-3-7-21)13-4-5-16-17(8-13)24-11-23-16/h4-5,8-10,20,22H,1-3,6-7,11-12H2. The number of piperidine rings is 1. The first kappa shape index (κ1) is 15.6. The highest BCUT2D eigenvalue weighted by Crippen LogP contribution is 2.45. The number of ether oxygens (including phenoxy) is 4. The molecule has 2 aromatic rings. The van der Waals surface area contributed by atoms with Gasteiger partial charge in [0.15, 0.2) is 23.0 Å². The Morgan fingerprint density at radius 2 is 1.42 bits per heavy atom. The zero-order valence-electron chi connectivity index (χ0n) is 14.4. The van der Waals surface area contributed by atoms with Gasteiger partial charge in [-0.1, -0.05) is 12.5 Å². The summed E-state index contributed by atoms with van der Waals surface area (Å²) in [5, 5.41) is 10.7. The predicted octanol–water partition coefficient (Wildman–Crippen LogP) is 3.42. The van der Waals surface area contributed by atoms with Gasteiger partial charge in [-0.15, -0.1) is 0 Å². The van der Waals surface area contributed by atoms with Crippen molar-refractivity contribution in [2.45, 2.75) is 25.3 Å². The van der Waals surface area contributed by atoms with Gasteiger partial charge < -0.3 is 24.1 Å².